The number of aryl methyl sites for hydroxylation is 2. The second kappa shape index (κ2) is 18.1. The number of imide groups is 1. The van der Waals surface area contributed by atoms with Crippen molar-refractivity contribution in [2.75, 3.05) is 55.0 Å². The van der Waals surface area contributed by atoms with Crippen LogP contribution < -0.4 is 26.1 Å². The summed E-state index contributed by atoms with van der Waals surface area (Å²) in [5.41, 5.74) is 3.16. The van der Waals surface area contributed by atoms with Crippen LogP contribution in [0.3, 0.4) is 0 Å². The van der Waals surface area contributed by atoms with Crippen molar-refractivity contribution in [3.63, 3.8) is 0 Å². The van der Waals surface area contributed by atoms with Crippen LogP contribution in [0.5, 0.6) is 0 Å². The second-order valence-corrected chi connectivity index (χ2v) is 17.7. The zero-order chi connectivity index (χ0) is 46.4. The van der Waals surface area contributed by atoms with Gasteiger partial charge in [0.05, 0.1) is 41.6 Å². The normalized spacial score (nSPS) is 19.3. The zero-order valence-corrected chi connectivity index (χ0v) is 36.9. The number of rotatable bonds is 13. The number of nitrogens with zero attached hydrogens (tertiary/aromatic N) is 10. The Morgan fingerprint density at radius 2 is 1.82 bits per heavy atom. The number of fused-ring (bicyclic) bond motifs is 2. The van der Waals surface area contributed by atoms with Gasteiger partial charge in [-0.3, -0.25) is 38.3 Å². The summed E-state index contributed by atoms with van der Waals surface area (Å²) in [6.07, 6.45) is 5.22. The molecule has 346 valence electrons. The van der Waals surface area contributed by atoms with Gasteiger partial charge in [-0.15, -0.1) is 0 Å². The van der Waals surface area contributed by atoms with Gasteiger partial charge in [-0.05, 0) is 86.4 Å². The van der Waals surface area contributed by atoms with Crippen LogP contribution in [0.15, 0.2) is 71.9 Å². The number of carbonyl (C=O) groups is 4. The molecule has 9 rings (SSSR count). The van der Waals surface area contributed by atoms with Gasteiger partial charge >= 0.3 is 5.69 Å². The van der Waals surface area contributed by atoms with Crippen molar-refractivity contribution >= 4 is 57.5 Å². The van der Waals surface area contributed by atoms with E-state index >= 15 is 0 Å². The molecule has 66 heavy (non-hydrogen) atoms. The number of amides is 4. The number of carbonyl (C=O) groups excluding carboxylic acids is 4. The Balaban J connectivity index is 0.795. The molecule has 0 bridgehead atoms. The Morgan fingerprint density at radius 3 is 2.55 bits per heavy atom. The van der Waals surface area contributed by atoms with Gasteiger partial charge in [0, 0.05) is 70.3 Å². The van der Waals surface area contributed by atoms with Crippen LogP contribution in [-0.4, -0.2) is 113 Å². The quantitative estimate of drug-likeness (QED) is 0.138. The number of piperidine rings is 2. The van der Waals surface area contributed by atoms with E-state index in [9.17, 15) is 37.9 Å². The molecule has 7 heterocycles. The summed E-state index contributed by atoms with van der Waals surface area (Å²) in [4.78, 5) is 75.3. The van der Waals surface area contributed by atoms with Crippen molar-refractivity contribution < 1.29 is 33.1 Å². The number of hydrogen-bond acceptors (Lipinski definition) is 11. The first-order valence-corrected chi connectivity index (χ1v) is 22.3. The van der Waals surface area contributed by atoms with E-state index in [0.29, 0.717) is 74.7 Å². The standard InChI is InChI=1S/C46H52F2N12O6/c1-27-22-32(26-61)57(24-27)37-17-21-58-42(51-37)33(23-49-58)43(63)50-34-25-59(53-39(34)41(47)48)31-15-19-56(20-16-31)30-11-9-29(10-12-30)45(65)54(2)18-5-7-28-6-4-8-35-40(28)55(3)46(66)60(35)36-13-14-38(62)52-44(36)64/h4,6,8-12,17,21,23,25,27,31-32,36,41,61H,5,7,13-16,18-20,22,24,26H2,1-3H3,(H,50,63)(H,52,62,64)/t27-,32+,36?/m0/s1. The fourth-order valence-corrected chi connectivity index (χ4v) is 9.81. The number of aromatic nitrogens is 7. The maximum absolute atomic E-state index is 14.3. The summed E-state index contributed by atoms with van der Waals surface area (Å²) >= 11 is 0. The van der Waals surface area contributed by atoms with Crippen molar-refractivity contribution in [3.05, 3.63) is 100.0 Å². The Morgan fingerprint density at radius 1 is 1.05 bits per heavy atom. The van der Waals surface area contributed by atoms with Crippen molar-refractivity contribution in [2.45, 2.75) is 76.4 Å². The maximum atomic E-state index is 14.3. The number of aliphatic hydroxyl groups is 1. The molecule has 0 aliphatic carbocycles. The third kappa shape index (κ3) is 8.40. The monoisotopic (exact) mass is 906 g/mol. The lowest BCUT2D eigenvalue weighted by molar-refractivity contribution is -0.135. The van der Waals surface area contributed by atoms with E-state index in [4.69, 9.17) is 0 Å². The van der Waals surface area contributed by atoms with E-state index < -0.39 is 30.0 Å². The molecule has 4 aromatic heterocycles. The Bertz CT molecular complexity index is 2880. The van der Waals surface area contributed by atoms with Crippen molar-refractivity contribution in [2.24, 2.45) is 13.0 Å². The maximum Gasteiger partial charge on any atom is 0.329 e. The van der Waals surface area contributed by atoms with Crippen LogP contribution in [0.2, 0.25) is 0 Å². The number of para-hydroxylation sites is 1. The van der Waals surface area contributed by atoms with Gasteiger partial charge in [0.15, 0.2) is 11.3 Å². The lowest BCUT2D eigenvalue weighted by atomic mass is 10.0. The van der Waals surface area contributed by atoms with E-state index in [1.165, 1.54) is 30.7 Å². The largest absolute Gasteiger partial charge is 0.394 e. The van der Waals surface area contributed by atoms with E-state index in [0.717, 1.165) is 23.2 Å². The average Bonchev–Trinajstić information content (AvgIpc) is 4.10. The topological polar surface area (TPSA) is 197 Å². The smallest absolute Gasteiger partial charge is 0.329 e. The van der Waals surface area contributed by atoms with Crippen LogP contribution in [-0.2, 0) is 23.1 Å². The number of imidazole rings is 1. The molecule has 0 radical (unpaired) electrons. The number of nitrogens with one attached hydrogen (secondary N) is 2. The molecule has 3 N–H and O–H groups in total. The molecule has 20 heteroatoms. The summed E-state index contributed by atoms with van der Waals surface area (Å²) in [6.45, 7) is 4.47. The summed E-state index contributed by atoms with van der Waals surface area (Å²) in [5, 5.41) is 23.4. The lowest BCUT2D eigenvalue weighted by Gasteiger charge is -2.33. The van der Waals surface area contributed by atoms with Crippen LogP contribution >= 0.6 is 0 Å². The van der Waals surface area contributed by atoms with E-state index in [-0.39, 0.29) is 65.9 Å². The average molecular weight is 907 g/mol. The highest BCUT2D eigenvalue weighted by Gasteiger charge is 2.33. The molecular formula is C46H52F2N12O6. The molecule has 4 amide bonds. The molecule has 3 fully saturated rings. The summed E-state index contributed by atoms with van der Waals surface area (Å²) in [7, 11) is 3.42. The highest BCUT2D eigenvalue weighted by Crippen LogP contribution is 2.33. The van der Waals surface area contributed by atoms with Gasteiger partial charge in [-0.1, -0.05) is 19.1 Å². The minimum absolute atomic E-state index is 0.0255. The first-order valence-electron chi connectivity index (χ1n) is 22.3. The number of alkyl halides is 2. The first kappa shape index (κ1) is 44.3. The number of benzene rings is 2. The number of aliphatic hydroxyl groups excluding tert-OH is 1. The van der Waals surface area contributed by atoms with Gasteiger partial charge in [0.1, 0.15) is 17.4 Å². The first-order chi connectivity index (χ1) is 31.8. The SMILES string of the molecule is C[C@H]1C[C@H](CO)N(c2ccn3ncc(C(=O)Nc4cn(C5CCN(c6ccc(C(=O)N(C)CCCc7cccc8c7n(C)c(=O)n8C7CCC(=O)NC7=O)cc6)CC5)nc4C(F)F)c3n2)C1. The Kier molecular flexibility index (Phi) is 12.2. The van der Waals surface area contributed by atoms with Gasteiger partial charge < -0.3 is 25.1 Å². The number of hydrogen-bond donors (Lipinski definition) is 3. The van der Waals surface area contributed by atoms with Gasteiger partial charge in [0.25, 0.3) is 18.2 Å². The fourth-order valence-electron chi connectivity index (χ4n) is 9.81. The van der Waals surface area contributed by atoms with Gasteiger partial charge in [-0.25, -0.2) is 23.1 Å². The molecule has 3 saturated heterocycles. The lowest BCUT2D eigenvalue weighted by Crippen LogP contribution is -2.44. The van der Waals surface area contributed by atoms with Crippen molar-refractivity contribution in [1.82, 2.24) is 43.7 Å². The number of anilines is 3. The second-order valence-electron chi connectivity index (χ2n) is 17.7. The summed E-state index contributed by atoms with van der Waals surface area (Å²) in [6, 6.07) is 13.7. The van der Waals surface area contributed by atoms with Crippen LogP contribution in [0.25, 0.3) is 16.7 Å². The molecule has 3 atom stereocenters. The molecule has 1 unspecified atom stereocenters. The minimum Gasteiger partial charge on any atom is -0.394 e. The molecule has 0 saturated carbocycles. The molecule has 18 nitrogen and oxygen atoms in total. The Hall–Kier alpha value is -6.96. The van der Waals surface area contributed by atoms with Crippen molar-refractivity contribution in [3.8, 4) is 0 Å². The highest BCUT2D eigenvalue weighted by molar-refractivity contribution is 6.08. The Labute approximate surface area is 377 Å². The van der Waals surface area contributed by atoms with Crippen LogP contribution in [0.1, 0.15) is 95.9 Å². The molecule has 2 aromatic carbocycles. The van der Waals surface area contributed by atoms with E-state index in [2.05, 4.69) is 37.6 Å². The highest BCUT2D eigenvalue weighted by atomic mass is 19.3. The van der Waals surface area contributed by atoms with E-state index in [1.54, 1.807) is 49.5 Å². The van der Waals surface area contributed by atoms with Gasteiger partial charge in [0.2, 0.25) is 11.8 Å². The molecule has 6 aromatic rings. The zero-order valence-electron chi connectivity index (χ0n) is 36.9. The summed E-state index contributed by atoms with van der Waals surface area (Å²) in [5.74, 6) is -0.655. The minimum atomic E-state index is -2.93. The van der Waals surface area contributed by atoms with Crippen LogP contribution in [0, 0.1) is 5.92 Å². The summed E-state index contributed by atoms with van der Waals surface area (Å²) < 4.78 is 34.7. The molecule has 3 aliphatic heterocycles. The molecule has 3 aliphatic rings. The molecular weight excluding hydrogens is 855 g/mol. The predicted octanol–water partition coefficient (Wildman–Crippen LogP) is 4.50. The predicted molar refractivity (Wildman–Crippen MR) is 241 cm³/mol. The van der Waals surface area contributed by atoms with Gasteiger partial charge in [-0.2, -0.15) is 10.2 Å². The number of halogens is 2. The van der Waals surface area contributed by atoms with E-state index in [1.807, 2.05) is 29.2 Å². The molecule has 0 spiro atoms. The third-order valence-corrected chi connectivity index (χ3v) is 13.3. The third-order valence-electron chi connectivity index (χ3n) is 13.3. The fraction of sp³-hybridized carbons (Fsp3) is 0.435. The van der Waals surface area contributed by atoms with Crippen molar-refractivity contribution in [1.29, 1.82) is 0 Å². The van der Waals surface area contributed by atoms with Crippen LogP contribution in [0.4, 0.5) is 26.0 Å².